The molecule has 1 heterocycles. The van der Waals surface area contributed by atoms with Crippen molar-refractivity contribution in [1.29, 1.82) is 0 Å². The third-order valence-corrected chi connectivity index (χ3v) is 2.43. The lowest BCUT2D eigenvalue weighted by Gasteiger charge is -2.12. The number of hydrogen-bond donors (Lipinski definition) is 2. The van der Waals surface area contributed by atoms with Crippen molar-refractivity contribution in [3.63, 3.8) is 0 Å². The van der Waals surface area contributed by atoms with Crippen LogP contribution in [0, 0.1) is 0 Å². The van der Waals surface area contributed by atoms with Gasteiger partial charge in [-0.2, -0.15) is 11.8 Å². The highest BCUT2D eigenvalue weighted by molar-refractivity contribution is 8.00. The SMILES string of the molecule is NC(=O)CCNC1=NCCSC1. The predicted molar refractivity (Wildman–Crippen MR) is 51.4 cm³/mol. The molecule has 0 atom stereocenters. The molecule has 0 spiro atoms. The monoisotopic (exact) mass is 187 g/mol. The Bertz CT molecular complexity index is 193. The minimum atomic E-state index is -0.272. The second kappa shape index (κ2) is 5.03. The van der Waals surface area contributed by atoms with Crippen molar-refractivity contribution >= 4 is 23.5 Å². The maximum Gasteiger partial charge on any atom is 0.219 e. The van der Waals surface area contributed by atoms with Gasteiger partial charge in [-0.25, -0.2) is 0 Å². The molecule has 0 unspecified atom stereocenters. The number of hydrogen-bond acceptors (Lipinski definition) is 4. The molecule has 68 valence electrons. The first-order valence-corrected chi connectivity index (χ1v) is 5.08. The molecule has 1 amide bonds. The summed E-state index contributed by atoms with van der Waals surface area (Å²) >= 11 is 1.85. The summed E-state index contributed by atoms with van der Waals surface area (Å²) in [6, 6.07) is 0. The third-order valence-electron chi connectivity index (χ3n) is 1.48. The van der Waals surface area contributed by atoms with E-state index >= 15 is 0 Å². The second-order valence-corrected chi connectivity index (χ2v) is 3.63. The predicted octanol–water partition coefficient (Wildman–Crippen LogP) is -0.403. The Morgan fingerprint density at radius 1 is 1.75 bits per heavy atom. The van der Waals surface area contributed by atoms with E-state index < -0.39 is 0 Å². The van der Waals surface area contributed by atoms with Gasteiger partial charge in [0.15, 0.2) is 0 Å². The lowest BCUT2D eigenvalue weighted by Crippen LogP contribution is -2.31. The van der Waals surface area contributed by atoms with E-state index in [4.69, 9.17) is 5.73 Å². The normalized spacial score (nSPS) is 16.8. The molecule has 1 aliphatic heterocycles. The van der Waals surface area contributed by atoms with Gasteiger partial charge in [0.05, 0.1) is 12.3 Å². The molecular formula is C7H13N3OS. The number of carbonyl (C=O) groups excluding carboxylic acids is 1. The summed E-state index contributed by atoms with van der Waals surface area (Å²) in [5.41, 5.74) is 4.98. The number of nitrogens with two attached hydrogens (primary N) is 1. The minimum absolute atomic E-state index is 0.272. The summed E-state index contributed by atoms with van der Waals surface area (Å²) in [7, 11) is 0. The first-order chi connectivity index (χ1) is 5.79. The molecule has 0 saturated carbocycles. The topological polar surface area (TPSA) is 67.5 Å². The lowest BCUT2D eigenvalue weighted by atomic mass is 10.4. The van der Waals surface area contributed by atoms with Crippen molar-refractivity contribution in [2.24, 2.45) is 10.7 Å². The summed E-state index contributed by atoms with van der Waals surface area (Å²) in [4.78, 5) is 14.6. The van der Waals surface area contributed by atoms with Gasteiger partial charge in [0.1, 0.15) is 5.84 Å². The fourth-order valence-corrected chi connectivity index (χ4v) is 1.65. The van der Waals surface area contributed by atoms with Crippen LogP contribution in [0.15, 0.2) is 4.99 Å². The van der Waals surface area contributed by atoms with Crippen molar-refractivity contribution in [2.45, 2.75) is 6.42 Å². The number of nitrogens with one attached hydrogen (secondary N) is 1. The van der Waals surface area contributed by atoms with Gasteiger partial charge in [-0.15, -0.1) is 0 Å². The molecule has 1 rings (SSSR count). The molecule has 0 saturated heterocycles. The first kappa shape index (κ1) is 9.38. The Hall–Kier alpha value is -0.710. The highest BCUT2D eigenvalue weighted by Crippen LogP contribution is 2.04. The van der Waals surface area contributed by atoms with E-state index in [1.807, 2.05) is 11.8 Å². The number of amides is 1. The zero-order chi connectivity index (χ0) is 8.81. The quantitative estimate of drug-likeness (QED) is 0.631. The summed E-state index contributed by atoms with van der Waals surface area (Å²) in [6.45, 7) is 1.48. The molecule has 0 fully saturated rings. The van der Waals surface area contributed by atoms with Crippen molar-refractivity contribution in [3.8, 4) is 0 Å². The largest absolute Gasteiger partial charge is 0.373 e. The molecular weight excluding hydrogens is 174 g/mol. The Morgan fingerprint density at radius 3 is 3.17 bits per heavy atom. The summed E-state index contributed by atoms with van der Waals surface area (Å²) in [6.07, 6.45) is 0.379. The Balaban J connectivity index is 2.13. The fraction of sp³-hybridized carbons (Fsp3) is 0.714. The Kier molecular flexibility index (Phi) is 3.93. The number of primary amides is 1. The van der Waals surface area contributed by atoms with Crippen LogP contribution in [0.5, 0.6) is 0 Å². The standard InChI is InChI=1S/C7H13N3OS/c8-6(11)1-2-9-7-5-12-4-3-10-7/h1-5H2,(H2,8,11)(H,9,10). The van der Waals surface area contributed by atoms with Crippen LogP contribution in [-0.2, 0) is 4.79 Å². The van der Waals surface area contributed by atoms with Gasteiger partial charge < -0.3 is 11.1 Å². The molecule has 0 radical (unpaired) electrons. The van der Waals surface area contributed by atoms with Crippen LogP contribution in [-0.4, -0.2) is 36.3 Å². The van der Waals surface area contributed by atoms with Crippen LogP contribution in [0.25, 0.3) is 0 Å². The van der Waals surface area contributed by atoms with Crippen LogP contribution >= 0.6 is 11.8 Å². The number of aliphatic imine (C=N–C) groups is 1. The number of rotatable bonds is 3. The van der Waals surface area contributed by atoms with Gasteiger partial charge in [0, 0.05) is 18.7 Å². The van der Waals surface area contributed by atoms with E-state index in [0.717, 1.165) is 23.9 Å². The van der Waals surface area contributed by atoms with Crippen molar-refractivity contribution in [1.82, 2.24) is 5.32 Å². The highest BCUT2D eigenvalue weighted by atomic mass is 32.2. The highest BCUT2D eigenvalue weighted by Gasteiger charge is 2.04. The summed E-state index contributed by atoms with van der Waals surface area (Å²) < 4.78 is 0. The molecule has 1 aliphatic rings. The average molecular weight is 187 g/mol. The van der Waals surface area contributed by atoms with E-state index in [1.54, 1.807) is 0 Å². The molecule has 0 aromatic heterocycles. The molecule has 0 bridgehead atoms. The first-order valence-electron chi connectivity index (χ1n) is 3.92. The third kappa shape index (κ3) is 3.61. The number of amidine groups is 1. The van der Waals surface area contributed by atoms with Crippen LogP contribution in [0.4, 0.5) is 0 Å². The zero-order valence-corrected chi connectivity index (χ0v) is 7.69. The Labute approximate surface area is 76.0 Å². The van der Waals surface area contributed by atoms with Gasteiger partial charge in [-0.1, -0.05) is 0 Å². The molecule has 0 aromatic rings. The van der Waals surface area contributed by atoms with E-state index in [2.05, 4.69) is 10.3 Å². The van der Waals surface area contributed by atoms with E-state index in [-0.39, 0.29) is 5.91 Å². The van der Waals surface area contributed by atoms with Gasteiger partial charge in [-0.05, 0) is 0 Å². The van der Waals surface area contributed by atoms with Crippen molar-refractivity contribution in [3.05, 3.63) is 0 Å². The van der Waals surface area contributed by atoms with E-state index in [1.165, 1.54) is 0 Å². The van der Waals surface area contributed by atoms with Gasteiger partial charge in [0.25, 0.3) is 0 Å². The van der Waals surface area contributed by atoms with Crippen LogP contribution in [0.3, 0.4) is 0 Å². The molecule has 5 heteroatoms. The van der Waals surface area contributed by atoms with Gasteiger partial charge in [-0.3, -0.25) is 9.79 Å². The molecule has 0 aliphatic carbocycles. The zero-order valence-electron chi connectivity index (χ0n) is 6.88. The molecule has 12 heavy (non-hydrogen) atoms. The number of carbonyl (C=O) groups is 1. The lowest BCUT2D eigenvalue weighted by molar-refractivity contribution is -0.117. The van der Waals surface area contributed by atoms with Crippen molar-refractivity contribution in [2.75, 3.05) is 24.6 Å². The summed E-state index contributed by atoms with van der Waals surface area (Å²) in [5, 5.41) is 3.08. The second-order valence-electron chi connectivity index (χ2n) is 2.52. The van der Waals surface area contributed by atoms with Crippen LogP contribution in [0.1, 0.15) is 6.42 Å². The number of nitrogens with zero attached hydrogens (tertiary/aromatic N) is 1. The molecule has 4 nitrogen and oxygen atoms in total. The van der Waals surface area contributed by atoms with E-state index in [0.29, 0.717) is 13.0 Å². The maximum atomic E-state index is 10.4. The average Bonchev–Trinajstić information content (AvgIpc) is 2.05. The minimum Gasteiger partial charge on any atom is -0.373 e. The van der Waals surface area contributed by atoms with E-state index in [9.17, 15) is 4.79 Å². The van der Waals surface area contributed by atoms with Crippen molar-refractivity contribution < 1.29 is 4.79 Å². The van der Waals surface area contributed by atoms with Crippen LogP contribution in [0.2, 0.25) is 0 Å². The molecule has 3 N–H and O–H groups in total. The maximum absolute atomic E-state index is 10.4. The number of thioether (sulfide) groups is 1. The molecule has 0 aromatic carbocycles. The van der Waals surface area contributed by atoms with Crippen LogP contribution < -0.4 is 11.1 Å². The van der Waals surface area contributed by atoms with Gasteiger partial charge >= 0.3 is 0 Å². The Morgan fingerprint density at radius 2 is 2.58 bits per heavy atom. The smallest absolute Gasteiger partial charge is 0.219 e. The summed E-state index contributed by atoms with van der Waals surface area (Å²) in [5.74, 6) is 2.75. The fourth-order valence-electron chi connectivity index (χ4n) is 0.897. The van der Waals surface area contributed by atoms with Gasteiger partial charge in [0.2, 0.25) is 5.91 Å².